The van der Waals surface area contributed by atoms with E-state index in [0.717, 1.165) is 64.7 Å². The van der Waals surface area contributed by atoms with Crippen molar-refractivity contribution in [2.24, 2.45) is 0 Å². The third kappa shape index (κ3) is 14.5. The first kappa shape index (κ1) is 42.9. The fourth-order valence-corrected chi connectivity index (χ4v) is 6.62. The molecule has 0 radical (unpaired) electrons. The zero-order valence-electron chi connectivity index (χ0n) is 25.9. The number of alkyl halides is 4. The highest BCUT2D eigenvalue weighted by Gasteiger charge is 2.34. The van der Waals surface area contributed by atoms with Gasteiger partial charge in [0.2, 0.25) is 0 Å². The standard InChI is InChI=1S/C15H19BrF2N2O2.C15H19BrN2O3.CH2Cl2.CH4/c1-15(17,18)10-19(12-5-3-2-4-6-12)13-8-7-11(16)9-14(13)20(21)22;1-11(19)10-17(13-5-3-2-4-6-13)14-8-7-12(16)9-15(14)18(20)21;2-1-3;/h7-9,12H,2-6,10H2,1H3;7-9,13H,2-6,10H2,1H3;1H2;1H4. The monoisotopic (exact) mass is 830 g/mol. The van der Waals surface area contributed by atoms with Crippen LogP contribution in [-0.2, 0) is 4.79 Å². The molecule has 264 valence electrons. The summed E-state index contributed by atoms with van der Waals surface area (Å²) in [6.07, 6.45) is 10.0. The van der Waals surface area contributed by atoms with Crippen LogP contribution in [0.5, 0.6) is 0 Å². The molecule has 0 spiro atoms. The van der Waals surface area contributed by atoms with Crippen LogP contribution in [0.25, 0.3) is 0 Å². The molecule has 0 amide bonds. The summed E-state index contributed by atoms with van der Waals surface area (Å²) in [7, 11) is 0. The molecule has 0 aliphatic heterocycles. The van der Waals surface area contributed by atoms with E-state index in [1.54, 1.807) is 24.3 Å². The highest BCUT2D eigenvalue weighted by molar-refractivity contribution is 9.10. The van der Waals surface area contributed by atoms with E-state index in [2.05, 4.69) is 31.9 Å². The van der Waals surface area contributed by atoms with Crippen LogP contribution in [-0.4, -0.2) is 52.1 Å². The number of ketones is 1. The molecule has 0 heterocycles. The van der Waals surface area contributed by atoms with Crippen molar-refractivity contribution in [1.29, 1.82) is 0 Å². The van der Waals surface area contributed by atoms with E-state index in [1.807, 2.05) is 4.90 Å². The lowest BCUT2D eigenvalue weighted by molar-refractivity contribution is -0.384. The molecule has 9 nitrogen and oxygen atoms in total. The SMILES string of the molecule is C.CC(=O)CN(c1ccc(Br)cc1[N+](=O)[O-])C1CCCCC1.CC(F)(F)CN(c1ccc(Br)cc1[N+](=O)[O-])C1CCCCC1.ClCCl. The minimum Gasteiger partial charge on any atom is -0.357 e. The van der Waals surface area contributed by atoms with Gasteiger partial charge >= 0.3 is 0 Å². The number of hydrogen-bond acceptors (Lipinski definition) is 7. The molecule has 0 atom stereocenters. The molecule has 2 aliphatic rings. The molecular formula is C32H44Br2Cl2F2N4O5. The van der Waals surface area contributed by atoms with Crippen molar-refractivity contribution in [3.63, 3.8) is 0 Å². The molecule has 2 aromatic carbocycles. The molecular weight excluding hydrogens is 789 g/mol. The summed E-state index contributed by atoms with van der Waals surface area (Å²) in [5.41, 5.74) is 0.743. The van der Waals surface area contributed by atoms with Gasteiger partial charge in [0.25, 0.3) is 17.3 Å². The summed E-state index contributed by atoms with van der Waals surface area (Å²) in [5, 5.41) is 22.8. The number of nitrogens with zero attached hydrogens (tertiary/aromatic N) is 4. The average molecular weight is 833 g/mol. The van der Waals surface area contributed by atoms with Gasteiger partial charge in [-0.3, -0.25) is 25.0 Å². The summed E-state index contributed by atoms with van der Waals surface area (Å²) >= 11 is 16.0. The van der Waals surface area contributed by atoms with Gasteiger partial charge in [-0.05, 0) is 56.9 Å². The second-order valence-corrected chi connectivity index (χ2v) is 14.1. The van der Waals surface area contributed by atoms with Crippen LogP contribution in [0.2, 0.25) is 0 Å². The number of Topliss-reactive ketones (excluding diaryl/α,β-unsaturated/α-hetero) is 1. The molecule has 0 N–H and O–H groups in total. The van der Waals surface area contributed by atoms with E-state index in [9.17, 15) is 33.8 Å². The summed E-state index contributed by atoms with van der Waals surface area (Å²) in [6, 6.07) is 9.76. The molecule has 15 heteroatoms. The predicted octanol–water partition coefficient (Wildman–Crippen LogP) is 11.3. The minimum atomic E-state index is -2.90. The van der Waals surface area contributed by atoms with E-state index in [1.165, 1.54) is 30.4 Å². The zero-order valence-corrected chi connectivity index (χ0v) is 30.6. The highest BCUT2D eigenvalue weighted by atomic mass is 79.9. The Morgan fingerprint density at radius 1 is 0.830 bits per heavy atom. The lowest BCUT2D eigenvalue weighted by Crippen LogP contribution is -2.43. The van der Waals surface area contributed by atoms with Gasteiger partial charge in [0.1, 0.15) is 17.2 Å². The smallest absolute Gasteiger partial charge is 0.293 e. The van der Waals surface area contributed by atoms with Crippen molar-refractivity contribution >= 4 is 83.6 Å². The Bertz CT molecular complexity index is 1310. The number of nitro groups is 2. The second kappa shape index (κ2) is 21.1. The molecule has 2 saturated carbocycles. The summed E-state index contributed by atoms with van der Waals surface area (Å²) in [6.45, 7) is 2.11. The van der Waals surface area contributed by atoms with Crippen LogP contribution in [0.3, 0.4) is 0 Å². The summed E-state index contributed by atoms with van der Waals surface area (Å²) < 4.78 is 28.4. The van der Waals surface area contributed by atoms with Crippen molar-refractivity contribution < 1.29 is 23.4 Å². The summed E-state index contributed by atoms with van der Waals surface area (Å²) in [5.74, 6) is -2.88. The van der Waals surface area contributed by atoms with Crippen molar-refractivity contribution in [3.05, 3.63) is 65.6 Å². The highest BCUT2D eigenvalue weighted by Crippen LogP contribution is 2.38. The van der Waals surface area contributed by atoms with Crippen LogP contribution in [0.4, 0.5) is 31.5 Å². The third-order valence-corrected chi connectivity index (χ3v) is 8.75. The number of benzene rings is 2. The van der Waals surface area contributed by atoms with Crippen LogP contribution in [0.15, 0.2) is 45.3 Å². The number of anilines is 2. The first-order valence-electron chi connectivity index (χ1n) is 15.1. The topological polar surface area (TPSA) is 110 Å². The van der Waals surface area contributed by atoms with E-state index < -0.39 is 17.4 Å². The van der Waals surface area contributed by atoms with Gasteiger partial charge < -0.3 is 9.80 Å². The molecule has 47 heavy (non-hydrogen) atoms. The lowest BCUT2D eigenvalue weighted by Gasteiger charge is -2.37. The normalized spacial score (nSPS) is 15.1. The van der Waals surface area contributed by atoms with Crippen LogP contribution in [0.1, 0.15) is 85.5 Å². The number of hydrogen-bond donors (Lipinski definition) is 0. The fraction of sp³-hybridized carbons (Fsp3) is 0.594. The number of carbonyl (C=O) groups is 1. The van der Waals surface area contributed by atoms with Crippen LogP contribution in [0, 0.1) is 20.2 Å². The second-order valence-electron chi connectivity index (χ2n) is 11.5. The molecule has 0 unspecified atom stereocenters. The van der Waals surface area contributed by atoms with Gasteiger partial charge in [-0.2, -0.15) is 0 Å². The lowest BCUT2D eigenvalue weighted by atomic mass is 9.93. The van der Waals surface area contributed by atoms with E-state index in [0.29, 0.717) is 14.6 Å². The predicted molar refractivity (Wildman–Crippen MR) is 195 cm³/mol. The maximum Gasteiger partial charge on any atom is 0.293 e. The largest absolute Gasteiger partial charge is 0.357 e. The van der Waals surface area contributed by atoms with Crippen LogP contribution < -0.4 is 9.80 Å². The first-order valence-corrected chi connectivity index (χ1v) is 17.7. The quantitative estimate of drug-likeness (QED) is 0.133. The third-order valence-electron chi connectivity index (χ3n) is 7.76. The number of carbonyl (C=O) groups excluding carboxylic acids is 1. The zero-order chi connectivity index (χ0) is 34.4. The van der Waals surface area contributed by atoms with Crippen molar-refractivity contribution in [2.45, 2.75) is 103 Å². The number of rotatable bonds is 10. The van der Waals surface area contributed by atoms with Gasteiger partial charge in [0.15, 0.2) is 0 Å². The molecule has 2 aliphatic carbocycles. The Kier molecular flexibility index (Phi) is 19.3. The van der Waals surface area contributed by atoms with E-state index in [4.69, 9.17) is 23.2 Å². The van der Waals surface area contributed by atoms with Gasteiger partial charge in [-0.1, -0.05) is 77.8 Å². The van der Waals surface area contributed by atoms with Gasteiger partial charge in [0, 0.05) is 40.1 Å². The van der Waals surface area contributed by atoms with E-state index >= 15 is 0 Å². The molecule has 0 saturated heterocycles. The number of halogens is 6. The maximum absolute atomic E-state index is 13.6. The van der Waals surface area contributed by atoms with Gasteiger partial charge in [0.05, 0.1) is 28.3 Å². The Balaban J connectivity index is 0.000000426. The van der Waals surface area contributed by atoms with Gasteiger partial charge in [-0.25, -0.2) is 8.78 Å². The molecule has 0 aromatic heterocycles. The summed E-state index contributed by atoms with van der Waals surface area (Å²) in [4.78, 5) is 36.8. The number of nitro benzene ring substituents is 2. The minimum absolute atomic E-state index is 0. The Hall–Kier alpha value is -2.09. The molecule has 4 rings (SSSR count). The molecule has 0 bridgehead atoms. The molecule has 2 fully saturated rings. The van der Waals surface area contributed by atoms with Crippen molar-refractivity contribution in [1.82, 2.24) is 0 Å². The van der Waals surface area contributed by atoms with Gasteiger partial charge in [-0.15, -0.1) is 23.2 Å². The van der Waals surface area contributed by atoms with Crippen LogP contribution >= 0.6 is 55.1 Å². The fourth-order valence-electron chi connectivity index (χ4n) is 5.92. The van der Waals surface area contributed by atoms with Crippen molar-refractivity contribution in [3.8, 4) is 0 Å². The Labute approximate surface area is 302 Å². The first-order chi connectivity index (χ1) is 21.7. The van der Waals surface area contributed by atoms with Crippen molar-refractivity contribution in [2.75, 3.05) is 28.2 Å². The Morgan fingerprint density at radius 3 is 1.53 bits per heavy atom. The average Bonchev–Trinajstić information content (AvgIpc) is 3.00. The molecule has 2 aromatic rings. The maximum atomic E-state index is 13.6. The van der Waals surface area contributed by atoms with E-state index in [-0.39, 0.29) is 59.2 Å². The Morgan fingerprint density at radius 2 is 1.19 bits per heavy atom.